The number of carboxylic acids is 1. The van der Waals surface area contributed by atoms with Crippen LogP contribution in [0.25, 0.3) is 0 Å². The minimum Gasteiger partial charge on any atom is -0.480 e. The van der Waals surface area contributed by atoms with Gasteiger partial charge in [-0.3, -0.25) is 9.59 Å². The molecule has 1 atom stereocenters. The van der Waals surface area contributed by atoms with Gasteiger partial charge in [0.1, 0.15) is 10.3 Å². The molecule has 1 rings (SSSR count). The molecule has 1 unspecified atom stereocenters. The van der Waals surface area contributed by atoms with Gasteiger partial charge in [-0.15, -0.1) is 11.3 Å². The van der Waals surface area contributed by atoms with Crippen LogP contribution in [-0.4, -0.2) is 48.8 Å². The normalized spacial score (nSPS) is 13.1. The summed E-state index contributed by atoms with van der Waals surface area (Å²) < 4.78 is 26.0. The van der Waals surface area contributed by atoms with Gasteiger partial charge in [0.2, 0.25) is 5.91 Å². The van der Waals surface area contributed by atoms with Crippen LogP contribution in [0.15, 0.2) is 15.7 Å². The Morgan fingerprint density at radius 1 is 1.48 bits per heavy atom. The van der Waals surface area contributed by atoms with Crippen molar-refractivity contribution in [3.8, 4) is 0 Å². The topological polar surface area (TPSA) is 104 Å². The maximum absolute atomic E-state index is 12.5. The fraction of sp³-hybridized carbons (Fsp3) is 0.500. The summed E-state index contributed by atoms with van der Waals surface area (Å²) >= 11 is 1.04. The SMILES string of the molecule is CC(=O)NCCN(C(C)C(=O)O)S(=O)(=O)c1cc(C)cs1. The second-order valence-corrected chi connectivity index (χ2v) is 7.58. The van der Waals surface area contributed by atoms with Crippen molar-refractivity contribution >= 4 is 33.2 Å². The third-order valence-electron chi connectivity index (χ3n) is 2.76. The zero-order valence-corrected chi connectivity index (χ0v) is 13.6. The van der Waals surface area contributed by atoms with Crippen LogP contribution < -0.4 is 5.32 Å². The fourth-order valence-corrected chi connectivity index (χ4v) is 4.59. The molecule has 0 spiro atoms. The second kappa shape index (κ2) is 7.01. The van der Waals surface area contributed by atoms with Crippen LogP contribution in [0.1, 0.15) is 19.4 Å². The highest BCUT2D eigenvalue weighted by atomic mass is 32.2. The average Bonchev–Trinajstić information content (AvgIpc) is 2.80. The zero-order chi connectivity index (χ0) is 16.2. The van der Waals surface area contributed by atoms with Gasteiger partial charge in [-0.05, 0) is 30.9 Å². The highest BCUT2D eigenvalue weighted by Crippen LogP contribution is 2.24. The number of aliphatic carboxylic acids is 1. The third-order valence-corrected chi connectivity index (χ3v) is 6.27. The van der Waals surface area contributed by atoms with E-state index in [0.717, 1.165) is 21.2 Å². The van der Waals surface area contributed by atoms with Crippen molar-refractivity contribution in [3.05, 3.63) is 17.0 Å². The number of sulfonamides is 1. The number of rotatable bonds is 7. The molecule has 1 aromatic rings. The molecule has 7 nitrogen and oxygen atoms in total. The van der Waals surface area contributed by atoms with E-state index in [0.29, 0.717) is 0 Å². The molecule has 0 saturated heterocycles. The summed E-state index contributed by atoms with van der Waals surface area (Å²) in [6.45, 7) is 4.32. The summed E-state index contributed by atoms with van der Waals surface area (Å²) in [5, 5.41) is 13.2. The van der Waals surface area contributed by atoms with E-state index in [9.17, 15) is 18.0 Å². The van der Waals surface area contributed by atoms with E-state index in [1.807, 2.05) is 0 Å². The van der Waals surface area contributed by atoms with Gasteiger partial charge in [-0.2, -0.15) is 4.31 Å². The van der Waals surface area contributed by atoms with Crippen LogP contribution in [0.5, 0.6) is 0 Å². The van der Waals surface area contributed by atoms with Crippen molar-refractivity contribution in [1.29, 1.82) is 0 Å². The highest BCUT2D eigenvalue weighted by Gasteiger charge is 2.33. The monoisotopic (exact) mass is 334 g/mol. The number of aryl methyl sites for hydroxylation is 1. The number of carbonyl (C=O) groups is 2. The number of thiophene rings is 1. The molecule has 1 aromatic heterocycles. The van der Waals surface area contributed by atoms with Crippen LogP contribution >= 0.6 is 11.3 Å². The first-order valence-electron chi connectivity index (χ1n) is 6.20. The third kappa shape index (κ3) is 4.51. The predicted octanol–water partition coefficient (Wildman–Crippen LogP) is 0.656. The maximum atomic E-state index is 12.5. The number of hydrogen-bond acceptors (Lipinski definition) is 5. The van der Waals surface area contributed by atoms with Gasteiger partial charge < -0.3 is 10.4 Å². The van der Waals surface area contributed by atoms with E-state index >= 15 is 0 Å². The van der Waals surface area contributed by atoms with E-state index in [1.165, 1.54) is 19.9 Å². The molecule has 0 aliphatic carbocycles. The van der Waals surface area contributed by atoms with Crippen LogP contribution in [0.4, 0.5) is 0 Å². The molecule has 1 heterocycles. The Kier molecular flexibility index (Phi) is 5.87. The quantitative estimate of drug-likeness (QED) is 0.762. The smallest absolute Gasteiger partial charge is 0.321 e. The molecule has 0 aromatic carbocycles. The van der Waals surface area contributed by atoms with E-state index in [2.05, 4.69) is 5.32 Å². The number of carbonyl (C=O) groups excluding carboxylic acids is 1. The predicted molar refractivity (Wildman–Crippen MR) is 78.7 cm³/mol. The number of nitrogens with one attached hydrogen (secondary N) is 1. The average molecular weight is 334 g/mol. The molecule has 0 fully saturated rings. The largest absolute Gasteiger partial charge is 0.480 e. The molecule has 118 valence electrons. The number of carboxylic acid groups (broad SMARTS) is 1. The van der Waals surface area contributed by atoms with Gasteiger partial charge in [-0.25, -0.2) is 8.42 Å². The minimum absolute atomic E-state index is 0.0521. The van der Waals surface area contributed by atoms with Crippen molar-refractivity contribution in [2.45, 2.75) is 31.0 Å². The second-order valence-electron chi connectivity index (χ2n) is 4.56. The highest BCUT2D eigenvalue weighted by molar-refractivity contribution is 7.91. The lowest BCUT2D eigenvalue weighted by molar-refractivity contribution is -0.140. The van der Waals surface area contributed by atoms with E-state index < -0.39 is 22.0 Å². The van der Waals surface area contributed by atoms with Gasteiger partial charge in [0.15, 0.2) is 0 Å². The number of hydrogen-bond donors (Lipinski definition) is 2. The molecular formula is C12H18N2O5S2. The summed E-state index contributed by atoms with van der Waals surface area (Å²) in [4.78, 5) is 22.0. The van der Waals surface area contributed by atoms with Crippen molar-refractivity contribution < 1.29 is 23.1 Å². The molecule has 0 saturated carbocycles. The molecule has 21 heavy (non-hydrogen) atoms. The Labute approximate surface area is 127 Å². The molecule has 9 heteroatoms. The minimum atomic E-state index is -3.90. The molecular weight excluding hydrogens is 316 g/mol. The Morgan fingerprint density at radius 2 is 2.10 bits per heavy atom. The molecule has 2 N–H and O–H groups in total. The standard InChI is InChI=1S/C12H18N2O5S2/c1-8-6-11(20-7-8)21(18,19)14(9(2)12(16)17)5-4-13-10(3)15/h6-7,9H,4-5H2,1-3H3,(H,13,15)(H,16,17). The summed E-state index contributed by atoms with van der Waals surface area (Å²) in [5.74, 6) is -1.54. The van der Waals surface area contributed by atoms with Gasteiger partial charge in [-0.1, -0.05) is 0 Å². The van der Waals surface area contributed by atoms with Gasteiger partial charge in [0.05, 0.1) is 0 Å². The Balaban J connectivity index is 3.04. The summed E-state index contributed by atoms with van der Waals surface area (Å²) in [6, 6.07) is 0.283. The maximum Gasteiger partial charge on any atom is 0.321 e. The number of nitrogens with zero attached hydrogens (tertiary/aromatic N) is 1. The summed E-state index contributed by atoms with van der Waals surface area (Å²) in [5.41, 5.74) is 0.795. The van der Waals surface area contributed by atoms with Gasteiger partial charge in [0, 0.05) is 20.0 Å². The van der Waals surface area contributed by atoms with Gasteiger partial charge >= 0.3 is 5.97 Å². The first kappa shape index (κ1) is 17.6. The van der Waals surface area contributed by atoms with Crippen LogP contribution in [-0.2, 0) is 19.6 Å². The van der Waals surface area contributed by atoms with Crippen molar-refractivity contribution in [2.75, 3.05) is 13.1 Å². The first-order chi connectivity index (χ1) is 9.66. The number of amides is 1. The van der Waals surface area contributed by atoms with E-state index in [1.54, 1.807) is 12.3 Å². The van der Waals surface area contributed by atoms with Gasteiger partial charge in [0.25, 0.3) is 10.0 Å². The lowest BCUT2D eigenvalue weighted by atomic mass is 10.3. The summed E-state index contributed by atoms with van der Waals surface area (Å²) in [7, 11) is -3.90. The van der Waals surface area contributed by atoms with Crippen molar-refractivity contribution in [2.24, 2.45) is 0 Å². The molecule has 0 aliphatic rings. The van der Waals surface area contributed by atoms with Crippen LogP contribution in [0.2, 0.25) is 0 Å². The lowest BCUT2D eigenvalue weighted by Crippen LogP contribution is -2.46. The van der Waals surface area contributed by atoms with Crippen molar-refractivity contribution in [3.63, 3.8) is 0 Å². The molecule has 0 radical (unpaired) electrons. The Hall–Kier alpha value is -1.45. The Bertz CT molecular complexity index is 623. The van der Waals surface area contributed by atoms with Crippen LogP contribution in [0.3, 0.4) is 0 Å². The fourth-order valence-electron chi connectivity index (χ4n) is 1.64. The molecule has 1 amide bonds. The Morgan fingerprint density at radius 3 is 2.52 bits per heavy atom. The first-order valence-corrected chi connectivity index (χ1v) is 8.52. The van der Waals surface area contributed by atoms with E-state index in [-0.39, 0.29) is 23.2 Å². The lowest BCUT2D eigenvalue weighted by Gasteiger charge is -2.25. The van der Waals surface area contributed by atoms with Crippen molar-refractivity contribution in [1.82, 2.24) is 9.62 Å². The van der Waals surface area contributed by atoms with Crippen LogP contribution in [0, 0.1) is 6.92 Å². The zero-order valence-electron chi connectivity index (χ0n) is 12.0. The summed E-state index contributed by atoms with van der Waals surface area (Å²) in [6.07, 6.45) is 0. The molecule has 0 bridgehead atoms. The molecule has 0 aliphatic heterocycles. The van der Waals surface area contributed by atoms with E-state index in [4.69, 9.17) is 5.11 Å².